The van der Waals surface area contributed by atoms with Crippen LogP contribution in [0.3, 0.4) is 0 Å². The predicted octanol–water partition coefficient (Wildman–Crippen LogP) is 2.15. The first-order chi connectivity index (χ1) is 9.24. The summed E-state index contributed by atoms with van der Waals surface area (Å²) in [6.07, 6.45) is 3.75. The maximum absolute atomic E-state index is 11.0. The van der Waals surface area contributed by atoms with Crippen molar-refractivity contribution in [2.45, 2.75) is 43.7 Å². The van der Waals surface area contributed by atoms with Gasteiger partial charge in [-0.1, -0.05) is 18.2 Å². The molecule has 1 aromatic rings. The molecule has 1 fully saturated rings. The number of hydrogen-bond acceptors (Lipinski definition) is 3. The number of aliphatic carboxylic acids is 1. The van der Waals surface area contributed by atoms with Crippen LogP contribution in [0.2, 0.25) is 0 Å². The van der Waals surface area contributed by atoms with Gasteiger partial charge in [0.15, 0.2) is 0 Å². The molecular weight excluding hydrogens is 242 g/mol. The van der Waals surface area contributed by atoms with Crippen LogP contribution in [0.5, 0.6) is 5.75 Å². The number of carboxylic acid groups (broad SMARTS) is 1. The van der Waals surface area contributed by atoms with Gasteiger partial charge in [0.05, 0.1) is 6.61 Å². The molecule has 2 aliphatic heterocycles. The molecule has 3 unspecified atom stereocenters. The van der Waals surface area contributed by atoms with Crippen molar-refractivity contribution >= 4 is 5.97 Å². The topological polar surface area (TPSA) is 58.6 Å². The number of para-hydroxylation sites is 1. The Morgan fingerprint density at radius 3 is 3.05 bits per heavy atom. The first-order valence-electron chi connectivity index (χ1n) is 6.94. The monoisotopic (exact) mass is 261 g/mol. The van der Waals surface area contributed by atoms with Gasteiger partial charge in [-0.3, -0.25) is 4.79 Å². The molecule has 2 heterocycles. The van der Waals surface area contributed by atoms with Gasteiger partial charge < -0.3 is 15.2 Å². The SMILES string of the molecule is O=C(O)C1CCCC(CC2COc3ccccc32)N1. The van der Waals surface area contributed by atoms with Crippen LogP contribution >= 0.6 is 0 Å². The van der Waals surface area contributed by atoms with Gasteiger partial charge in [-0.15, -0.1) is 0 Å². The molecule has 4 heteroatoms. The average Bonchev–Trinajstić information content (AvgIpc) is 2.83. The Bertz CT molecular complexity index is 474. The van der Waals surface area contributed by atoms with Crippen molar-refractivity contribution in [1.29, 1.82) is 0 Å². The highest BCUT2D eigenvalue weighted by Crippen LogP contribution is 2.37. The van der Waals surface area contributed by atoms with E-state index in [9.17, 15) is 4.79 Å². The van der Waals surface area contributed by atoms with Crippen LogP contribution in [0, 0.1) is 0 Å². The number of hydrogen-bond donors (Lipinski definition) is 2. The van der Waals surface area contributed by atoms with Crippen molar-refractivity contribution in [2.24, 2.45) is 0 Å². The van der Waals surface area contributed by atoms with Crippen LogP contribution in [0.1, 0.15) is 37.2 Å². The van der Waals surface area contributed by atoms with Crippen molar-refractivity contribution in [3.05, 3.63) is 29.8 Å². The molecule has 0 spiro atoms. The minimum absolute atomic E-state index is 0.287. The first-order valence-corrected chi connectivity index (χ1v) is 6.94. The molecule has 0 radical (unpaired) electrons. The molecule has 0 bridgehead atoms. The van der Waals surface area contributed by atoms with E-state index in [2.05, 4.69) is 11.4 Å². The van der Waals surface area contributed by atoms with E-state index in [1.165, 1.54) is 5.56 Å². The summed E-state index contributed by atoms with van der Waals surface area (Å²) in [5.74, 6) is 0.645. The molecule has 2 aliphatic rings. The van der Waals surface area contributed by atoms with E-state index in [1.54, 1.807) is 0 Å². The molecule has 19 heavy (non-hydrogen) atoms. The Labute approximate surface area is 112 Å². The lowest BCUT2D eigenvalue weighted by molar-refractivity contribution is -0.140. The van der Waals surface area contributed by atoms with Crippen molar-refractivity contribution < 1.29 is 14.6 Å². The van der Waals surface area contributed by atoms with E-state index >= 15 is 0 Å². The highest BCUT2D eigenvalue weighted by atomic mass is 16.5. The highest BCUT2D eigenvalue weighted by molar-refractivity contribution is 5.73. The van der Waals surface area contributed by atoms with Crippen LogP contribution in [0.4, 0.5) is 0 Å². The van der Waals surface area contributed by atoms with Crippen molar-refractivity contribution in [3.8, 4) is 5.75 Å². The molecule has 0 aliphatic carbocycles. The maximum atomic E-state index is 11.0. The second kappa shape index (κ2) is 5.21. The van der Waals surface area contributed by atoms with Crippen molar-refractivity contribution in [2.75, 3.05) is 6.61 Å². The third-order valence-electron chi connectivity index (χ3n) is 4.15. The molecule has 3 atom stereocenters. The lowest BCUT2D eigenvalue weighted by Gasteiger charge is -2.30. The van der Waals surface area contributed by atoms with E-state index in [4.69, 9.17) is 9.84 Å². The predicted molar refractivity (Wildman–Crippen MR) is 71.5 cm³/mol. The number of fused-ring (bicyclic) bond motifs is 1. The normalized spacial score (nSPS) is 29.6. The van der Waals surface area contributed by atoms with Crippen LogP contribution in [-0.4, -0.2) is 29.8 Å². The molecule has 1 saturated heterocycles. The summed E-state index contributed by atoms with van der Waals surface area (Å²) >= 11 is 0. The molecule has 0 aromatic heterocycles. The smallest absolute Gasteiger partial charge is 0.320 e. The summed E-state index contributed by atoms with van der Waals surface area (Å²) in [5.41, 5.74) is 1.27. The van der Waals surface area contributed by atoms with E-state index in [-0.39, 0.29) is 12.1 Å². The number of nitrogens with one attached hydrogen (secondary N) is 1. The summed E-state index contributed by atoms with van der Waals surface area (Å²) in [4.78, 5) is 11.0. The zero-order valence-electron chi connectivity index (χ0n) is 10.8. The number of ether oxygens (including phenoxy) is 1. The molecule has 2 N–H and O–H groups in total. The molecule has 1 aromatic carbocycles. The Morgan fingerprint density at radius 1 is 1.37 bits per heavy atom. The average molecular weight is 261 g/mol. The number of carbonyl (C=O) groups is 1. The maximum Gasteiger partial charge on any atom is 0.320 e. The molecule has 0 saturated carbocycles. The zero-order chi connectivity index (χ0) is 13.2. The Balaban J connectivity index is 1.65. The summed E-state index contributed by atoms with van der Waals surface area (Å²) in [6, 6.07) is 8.05. The lowest BCUT2D eigenvalue weighted by Crippen LogP contribution is -2.47. The van der Waals surface area contributed by atoms with Gasteiger partial charge in [-0.05, 0) is 31.7 Å². The number of rotatable bonds is 3. The van der Waals surface area contributed by atoms with Gasteiger partial charge in [0.1, 0.15) is 11.8 Å². The van der Waals surface area contributed by atoms with Crippen LogP contribution in [0.25, 0.3) is 0 Å². The zero-order valence-corrected chi connectivity index (χ0v) is 10.8. The van der Waals surface area contributed by atoms with Gasteiger partial charge in [0.2, 0.25) is 0 Å². The minimum atomic E-state index is -0.729. The fourth-order valence-corrected chi connectivity index (χ4v) is 3.17. The standard InChI is InChI=1S/C15H19NO3/c17-15(18)13-6-3-4-11(16-13)8-10-9-19-14-7-2-1-5-12(10)14/h1-2,5,7,10-11,13,16H,3-4,6,8-9H2,(H,17,18). The van der Waals surface area contributed by atoms with Crippen LogP contribution in [0.15, 0.2) is 24.3 Å². The quantitative estimate of drug-likeness (QED) is 0.875. The molecule has 0 amide bonds. The van der Waals surface area contributed by atoms with Crippen molar-refractivity contribution in [1.82, 2.24) is 5.32 Å². The molecule has 102 valence electrons. The number of benzene rings is 1. The summed E-state index contributed by atoms with van der Waals surface area (Å²) in [6.45, 7) is 0.718. The first kappa shape index (κ1) is 12.5. The van der Waals surface area contributed by atoms with Gasteiger partial charge in [-0.25, -0.2) is 0 Å². The van der Waals surface area contributed by atoms with E-state index in [0.29, 0.717) is 5.92 Å². The number of piperidine rings is 1. The molecule has 3 rings (SSSR count). The fraction of sp³-hybridized carbons (Fsp3) is 0.533. The summed E-state index contributed by atoms with van der Waals surface area (Å²) < 4.78 is 5.68. The van der Waals surface area contributed by atoms with Gasteiger partial charge in [0.25, 0.3) is 0 Å². The van der Waals surface area contributed by atoms with Crippen LogP contribution < -0.4 is 10.1 Å². The summed E-state index contributed by atoms with van der Waals surface area (Å²) in [5, 5.41) is 12.3. The Morgan fingerprint density at radius 2 is 2.21 bits per heavy atom. The summed E-state index contributed by atoms with van der Waals surface area (Å²) in [7, 11) is 0. The van der Waals surface area contributed by atoms with Crippen LogP contribution in [-0.2, 0) is 4.79 Å². The number of carboxylic acids is 1. The second-order valence-electron chi connectivity index (χ2n) is 5.47. The van der Waals surface area contributed by atoms with E-state index < -0.39 is 5.97 Å². The Kier molecular flexibility index (Phi) is 3.42. The third kappa shape index (κ3) is 2.59. The van der Waals surface area contributed by atoms with Crippen molar-refractivity contribution in [3.63, 3.8) is 0 Å². The fourth-order valence-electron chi connectivity index (χ4n) is 3.17. The lowest BCUT2D eigenvalue weighted by atomic mass is 9.88. The Hall–Kier alpha value is -1.55. The molecular formula is C15H19NO3. The van der Waals surface area contributed by atoms with E-state index in [0.717, 1.165) is 38.0 Å². The molecule has 4 nitrogen and oxygen atoms in total. The van der Waals surface area contributed by atoms with Gasteiger partial charge >= 0.3 is 5.97 Å². The highest BCUT2D eigenvalue weighted by Gasteiger charge is 2.31. The van der Waals surface area contributed by atoms with Gasteiger partial charge in [-0.2, -0.15) is 0 Å². The third-order valence-corrected chi connectivity index (χ3v) is 4.15. The van der Waals surface area contributed by atoms with Gasteiger partial charge in [0, 0.05) is 17.5 Å². The minimum Gasteiger partial charge on any atom is -0.493 e. The van der Waals surface area contributed by atoms with E-state index in [1.807, 2.05) is 18.2 Å². The largest absolute Gasteiger partial charge is 0.493 e. The second-order valence-corrected chi connectivity index (χ2v) is 5.47.